The molecule has 1 aromatic rings. The van der Waals surface area contributed by atoms with Crippen molar-refractivity contribution in [1.82, 2.24) is 15.2 Å². The van der Waals surface area contributed by atoms with Crippen molar-refractivity contribution in [2.24, 2.45) is 4.99 Å². The van der Waals surface area contributed by atoms with Gasteiger partial charge in [-0.15, -0.1) is 0 Å². The summed E-state index contributed by atoms with van der Waals surface area (Å²) in [5.74, 6) is 0.0104. The molecule has 1 N–H and O–H groups in total. The van der Waals surface area contributed by atoms with Crippen molar-refractivity contribution in [3.05, 3.63) is 29.5 Å². The normalized spacial score (nSPS) is 24.0. The van der Waals surface area contributed by atoms with E-state index in [9.17, 15) is 4.79 Å². The van der Waals surface area contributed by atoms with Crippen LogP contribution in [-0.2, 0) is 9.53 Å². The van der Waals surface area contributed by atoms with Gasteiger partial charge in [0, 0.05) is 30.4 Å². The van der Waals surface area contributed by atoms with Crippen molar-refractivity contribution in [3.63, 3.8) is 0 Å². The first-order chi connectivity index (χ1) is 13.2. The van der Waals surface area contributed by atoms with Crippen LogP contribution in [0.15, 0.2) is 28.2 Å². The Labute approximate surface area is 164 Å². The van der Waals surface area contributed by atoms with E-state index in [1.807, 2.05) is 24.0 Å². The molecule has 1 aromatic heterocycles. The minimum atomic E-state index is 0.0104. The lowest BCUT2D eigenvalue weighted by molar-refractivity contribution is -0.129. The molecule has 4 rings (SSSR count). The van der Waals surface area contributed by atoms with E-state index in [0.717, 1.165) is 40.0 Å². The Kier molecular flexibility index (Phi) is 5.78. The minimum Gasteiger partial charge on any atom is -0.378 e. The third-order valence-electron chi connectivity index (χ3n) is 5.19. The molecule has 144 valence electrons. The zero-order valence-corrected chi connectivity index (χ0v) is 16.6. The molecule has 0 atom stereocenters. The van der Waals surface area contributed by atoms with Crippen molar-refractivity contribution in [1.29, 1.82) is 0 Å². The van der Waals surface area contributed by atoms with Crippen molar-refractivity contribution in [2.75, 3.05) is 26.3 Å². The third-order valence-corrected chi connectivity index (χ3v) is 6.10. The number of carbonyl (C=O) groups is 1. The molecule has 1 saturated heterocycles. The van der Waals surface area contributed by atoms with Gasteiger partial charge in [-0.3, -0.25) is 9.79 Å². The summed E-state index contributed by atoms with van der Waals surface area (Å²) in [7, 11) is 0. The van der Waals surface area contributed by atoms with Gasteiger partial charge in [0.05, 0.1) is 25.0 Å². The van der Waals surface area contributed by atoms with E-state index >= 15 is 0 Å². The zero-order valence-electron chi connectivity index (χ0n) is 15.7. The number of amidine groups is 1. The predicted molar refractivity (Wildman–Crippen MR) is 108 cm³/mol. The largest absolute Gasteiger partial charge is 0.378 e. The average Bonchev–Trinajstić information content (AvgIpc) is 2.69. The van der Waals surface area contributed by atoms with Crippen molar-refractivity contribution in [3.8, 4) is 0 Å². The van der Waals surface area contributed by atoms with Crippen LogP contribution in [0.3, 0.4) is 0 Å². The van der Waals surface area contributed by atoms with Gasteiger partial charge in [0.25, 0.3) is 0 Å². The number of thioether (sulfide) groups is 1. The summed E-state index contributed by atoms with van der Waals surface area (Å²) < 4.78 is 5.35. The number of aryl methyl sites for hydroxylation is 1. The number of hydrogen-bond donors (Lipinski definition) is 1. The topological polar surface area (TPSA) is 66.8 Å². The highest BCUT2D eigenvalue weighted by molar-refractivity contribution is 8.14. The average molecular weight is 387 g/mol. The van der Waals surface area contributed by atoms with Crippen LogP contribution < -0.4 is 5.32 Å². The van der Waals surface area contributed by atoms with E-state index in [2.05, 4.69) is 10.3 Å². The van der Waals surface area contributed by atoms with Gasteiger partial charge in [-0.1, -0.05) is 19.3 Å². The summed E-state index contributed by atoms with van der Waals surface area (Å²) in [6.07, 6.45) is 7.79. The quantitative estimate of drug-likeness (QED) is 0.792. The molecule has 6 nitrogen and oxygen atoms in total. The molecule has 0 aromatic carbocycles. The number of aliphatic imine (C=N–C) groups is 1. The lowest BCUT2D eigenvalue weighted by Gasteiger charge is -2.27. The van der Waals surface area contributed by atoms with Crippen LogP contribution in [-0.4, -0.2) is 53.3 Å². The van der Waals surface area contributed by atoms with Crippen molar-refractivity contribution >= 4 is 28.5 Å². The molecule has 0 spiro atoms. The summed E-state index contributed by atoms with van der Waals surface area (Å²) in [6.45, 7) is 4.47. The Balaban J connectivity index is 1.61. The van der Waals surface area contributed by atoms with Gasteiger partial charge in [-0.25, -0.2) is 4.98 Å². The highest BCUT2D eigenvalue weighted by Gasteiger charge is 2.24. The van der Waals surface area contributed by atoms with Crippen LogP contribution in [0.4, 0.5) is 0 Å². The lowest BCUT2D eigenvalue weighted by atomic mass is 9.96. The molecule has 0 unspecified atom stereocenters. The van der Waals surface area contributed by atoms with E-state index < -0.39 is 0 Å². The summed E-state index contributed by atoms with van der Waals surface area (Å²) >= 11 is 1.57. The molecule has 1 aliphatic carbocycles. The van der Waals surface area contributed by atoms with E-state index in [4.69, 9.17) is 9.73 Å². The van der Waals surface area contributed by atoms with E-state index in [1.54, 1.807) is 17.8 Å². The van der Waals surface area contributed by atoms with Gasteiger partial charge >= 0.3 is 0 Å². The molecule has 7 heteroatoms. The summed E-state index contributed by atoms with van der Waals surface area (Å²) in [6, 6.07) is 4.39. The van der Waals surface area contributed by atoms with Crippen LogP contribution in [0.1, 0.15) is 43.4 Å². The van der Waals surface area contributed by atoms with Crippen molar-refractivity contribution < 1.29 is 9.53 Å². The molecule has 3 aliphatic rings. The van der Waals surface area contributed by atoms with E-state index in [0.29, 0.717) is 32.3 Å². The number of nitrogens with zero attached hydrogens (tertiary/aromatic N) is 3. The molecule has 0 bridgehead atoms. The smallest absolute Gasteiger partial charge is 0.248 e. The summed E-state index contributed by atoms with van der Waals surface area (Å²) in [5, 5.41) is 5.18. The second-order valence-electron chi connectivity index (χ2n) is 7.25. The summed E-state index contributed by atoms with van der Waals surface area (Å²) in [4.78, 5) is 24.2. The van der Waals surface area contributed by atoms with Crippen LogP contribution in [0.25, 0.3) is 5.70 Å². The van der Waals surface area contributed by atoms with Gasteiger partial charge in [-0.2, -0.15) is 0 Å². The second kappa shape index (κ2) is 8.44. The number of aromatic nitrogens is 1. The second-order valence-corrected chi connectivity index (χ2v) is 8.23. The molecular formula is C20H26N4O2S. The molecule has 1 amide bonds. The molecule has 2 fully saturated rings. The molecule has 27 heavy (non-hydrogen) atoms. The maximum atomic E-state index is 12.7. The monoisotopic (exact) mass is 386 g/mol. The van der Waals surface area contributed by atoms with Crippen LogP contribution >= 0.6 is 11.8 Å². The molecule has 0 radical (unpaired) electrons. The molecule has 1 saturated carbocycles. The standard InChI is InChI=1S/C20H26N4O2S/c1-14-7-8-16-17(13-18(25)24-9-11-26-12-10-24)23-20(27-19(16)21-14)22-15-5-3-2-4-6-15/h7-8,13,15H,2-6,9-12H2,1H3,(H,22,23)/b17-13-. The molecule has 2 aliphatic heterocycles. The van der Waals surface area contributed by atoms with Gasteiger partial charge in [-0.05, 0) is 43.7 Å². The fourth-order valence-corrected chi connectivity index (χ4v) is 4.69. The number of amides is 1. The highest BCUT2D eigenvalue weighted by Crippen LogP contribution is 2.33. The number of ether oxygens (including phenoxy) is 1. The lowest BCUT2D eigenvalue weighted by Crippen LogP contribution is -2.40. The number of hydrogen-bond acceptors (Lipinski definition) is 5. The maximum Gasteiger partial charge on any atom is 0.248 e. The Bertz CT molecular complexity index is 765. The van der Waals surface area contributed by atoms with Crippen LogP contribution in [0.5, 0.6) is 0 Å². The Morgan fingerprint density at radius 2 is 2.07 bits per heavy atom. The molecular weight excluding hydrogens is 360 g/mol. The SMILES string of the molecule is Cc1ccc2c(n1)SC(=NC1CCCCC1)N/C2=C\C(=O)N1CCOCC1. The summed E-state index contributed by atoms with van der Waals surface area (Å²) in [5.41, 5.74) is 2.73. The van der Waals surface area contributed by atoms with Gasteiger partial charge in [0.2, 0.25) is 5.91 Å². The fourth-order valence-electron chi connectivity index (χ4n) is 3.66. The maximum absolute atomic E-state index is 12.7. The fraction of sp³-hybridized carbons (Fsp3) is 0.550. The number of nitrogens with one attached hydrogen (secondary N) is 1. The van der Waals surface area contributed by atoms with Gasteiger partial charge in [0.15, 0.2) is 5.17 Å². The first kappa shape index (κ1) is 18.5. The van der Waals surface area contributed by atoms with Crippen LogP contribution in [0.2, 0.25) is 0 Å². The van der Waals surface area contributed by atoms with E-state index in [-0.39, 0.29) is 5.91 Å². The Morgan fingerprint density at radius 1 is 1.30 bits per heavy atom. The number of pyridine rings is 1. The predicted octanol–water partition coefficient (Wildman–Crippen LogP) is 2.97. The van der Waals surface area contributed by atoms with Crippen LogP contribution in [0, 0.1) is 6.92 Å². The third kappa shape index (κ3) is 4.52. The van der Waals surface area contributed by atoms with Gasteiger partial charge < -0.3 is 15.0 Å². The Hall–Kier alpha value is -1.86. The zero-order chi connectivity index (χ0) is 18.6. The van der Waals surface area contributed by atoms with Crippen molar-refractivity contribution in [2.45, 2.75) is 50.1 Å². The molecule has 3 heterocycles. The number of morpholine rings is 1. The minimum absolute atomic E-state index is 0.0104. The first-order valence-corrected chi connectivity index (χ1v) is 10.6. The first-order valence-electron chi connectivity index (χ1n) is 9.78. The van der Waals surface area contributed by atoms with Gasteiger partial charge in [0.1, 0.15) is 5.03 Å². The number of carbonyl (C=O) groups excluding carboxylic acids is 1. The Morgan fingerprint density at radius 3 is 2.85 bits per heavy atom. The highest BCUT2D eigenvalue weighted by atomic mass is 32.2. The van der Waals surface area contributed by atoms with E-state index in [1.165, 1.54) is 19.3 Å². The number of fused-ring (bicyclic) bond motifs is 1. The number of rotatable bonds is 2.